The molecule has 1 aliphatic rings. The molecular formula is C28H24N3O3S+. The Morgan fingerprint density at radius 2 is 1.51 bits per heavy atom. The number of rotatable bonds is 8. The van der Waals surface area contributed by atoms with Crippen LogP contribution in [0.25, 0.3) is 6.08 Å². The van der Waals surface area contributed by atoms with Gasteiger partial charge in [0.25, 0.3) is 10.0 Å². The summed E-state index contributed by atoms with van der Waals surface area (Å²) in [6.07, 6.45) is 2.23. The van der Waals surface area contributed by atoms with Gasteiger partial charge in [-0.15, -0.1) is 0 Å². The monoisotopic (exact) mass is 482 g/mol. The summed E-state index contributed by atoms with van der Waals surface area (Å²) in [5, 5.41) is 3.19. The Morgan fingerprint density at radius 1 is 0.829 bits per heavy atom. The number of anilines is 1. The van der Waals surface area contributed by atoms with Crippen molar-refractivity contribution in [3.63, 3.8) is 0 Å². The van der Waals surface area contributed by atoms with Crippen molar-refractivity contribution < 1.29 is 18.5 Å². The van der Waals surface area contributed by atoms with Crippen LogP contribution in [-0.2, 0) is 16.4 Å². The molecule has 0 unspecified atom stereocenters. The van der Waals surface area contributed by atoms with Crippen molar-refractivity contribution in [3.8, 4) is 11.5 Å². The van der Waals surface area contributed by atoms with Crippen molar-refractivity contribution in [1.82, 2.24) is 0 Å². The molecule has 0 spiro atoms. The van der Waals surface area contributed by atoms with Gasteiger partial charge in [-0.1, -0.05) is 60.7 Å². The molecule has 174 valence electrons. The van der Waals surface area contributed by atoms with Crippen molar-refractivity contribution in [2.75, 3.05) is 4.72 Å². The fraction of sp³-hybridized carbons (Fsp3) is 0.0357. The van der Waals surface area contributed by atoms with Crippen LogP contribution in [0.2, 0.25) is 0 Å². The molecule has 0 aromatic heterocycles. The van der Waals surface area contributed by atoms with E-state index in [1.807, 2.05) is 96.3 Å². The van der Waals surface area contributed by atoms with Crippen molar-refractivity contribution in [2.45, 2.75) is 6.42 Å². The van der Waals surface area contributed by atoms with Gasteiger partial charge < -0.3 is 4.74 Å². The van der Waals surface area contributed by atoms with E-state index in [9.17, 15) is 8.42 Å². The molecule has 0 aliphatic carbocycles. The Labute approximate surface area is 204 Å². The van der Waals surface area contributed by atoms with Crippen LogP contribution < -0.4 is 14.8 Å². The lowest BCUT2D eigenvalue weighted by Gasteiger charge is -2.06. The summed E-state index contributed by atoms with van der Waals surface area (Å²) >= 11 is 0. The number of hydrogen-bond donors (Lipinski definition) is 2. The van der Waals surface area contributed by atoms with E-state index in [-0.39, 0.29) is 0 Å². The molecule has 6 nitrogen and oxygen atoms in total. The Morgan fingerprint density at radius 3 is 2.26 bits per heavy atom. The van der Waals surface area contributed by atoms with Gasteiger partial charge in [0.2, 0.25) is 5.84 Å². The number of hydrogen-bond acceptors (Lipinski definition) is 4. The number of aliphatic imine (C=N–C) groups is 1. The predicted molar refractivity (Wildman–Crippen MR) is 140 cm³/mol. The van der Waals surface area contributed by atoms with Crippen LogP contribution in [0.5, 0.6) is 11.5 Å². The first-order valence-corrected chi connectivity index (χ1v) is 12.7. The van der Waals surface area contributed by atoms with Crippen LogP contribution in [0.3, 0.4) is 0 Å². The third kappa shape index (κ3) is 6.03. The highest BCUT2D eigenvalue weighted by atomic mass is 32.2. The number of quaternary nitrogens is 1. The molecule has 35 heavy (non-hydrogen) atoms. The van der Waals surface area contributed by atoms with Gasteiger partial charge in [-0.05, 0) is 53.6 Å². The highest BCUT2D eigenvalue weighted by molar-refractivity contribution is 7.95. The van der Waals surface area contributed by atoms with Gasteiger partial charge in [0.15, 0.2) is 5.69 Å². The molecule has 5 rings (SSSR count). The molecule has 1 heterocycles. The fourth-order valence-corrected chi connectivity index (χ4v) is 4.58. The Bertz CT molecular complexity index is 1480. The van der Waals surface area contributed by atoms with Crippen LogP contribution in [0.4, 0.5) is 17.1 Å². The molecular weight excluding hydrogens is 458 g/mol. The number of amidine groups is 1. The molecule has 0 saturated carbocycles. The van der Waals surface area contributed by atoms with Crippen molar-refractivity contribution >= 4 is 39.0 Å². The average molecular weight is 483 g/mol. The molecule has 0 radical (unpaired) electrons. The summed E-state index contributed by atoms with van der Waals surface area (Å²) in [4.78, 5) is 4.70. The maximum Gasteiger partial charge on any atom is 0.255 e. The third-order valence-corrected chi connectivity index (χ3v) is 6.42. The van der Waals surface area contributed by atoms with Gasteiger partial charge in [-0.2, -0.15) is 4.99 Å². The average Bonchev–Trinajstić information content (AvgIpc) is 3.27. The number of ether oxygens (including phenoxy) is 1. The summed E-state index contributed by atoms with van der Waals surface area (Å²) < 4.78 is 33.4. The lowest BCUT2D eigenvalue weighted by atomic mass is 10.1. The van der Waals surface area contributed by atoms with Crippen LogP contribution in [-0.4, -0.2) is 14.3 Å². The number of para-hydroxylation sites is 1. The summed E-state index contributed by atoms with van der Waals surface area (Å²) in [7, 11) is -3.64. The van der Waals surface area contributed by atoms with E-state index in [0.29, 0.717) is 12.1 Å². The van der Waals surface area contributed by atoms with E-state index < -0.39 is 10.0 Å². The first-order chi connectivity index (χ1) is 17.0. The van der Waals surface area contributed by atoms with Crippen LogP contribution in [0.15, 0.2) is 114 Å². The second-order valence-electron chi connectivity index (χ2n) is 8.12. The van der Waals surface area contributed by atoms with E-state index in [1.54, 1.807) is 18.2 Å². The SMILES string of the molecule is O=S(=O)(/C=C/c1ccccc1)Nc1ccc2c(c1)N=C(Cc1ccc(Oc3ccccc3)cc1)[NH2+]2. The van der Waals surface area contributed by atoms with E-state index in [4.69, 9.17) is 9.73 Å². The molecule has 0 saturated heterocycles. The molecule has 3 N–H and O–H groups in total. The maximum absolute atomic E-state index is 12.5. The number of nitrogens with two attached hydrogens (primary N) is 1. The smallest absolute Gasteiger partial charge is 0.255 e. The summed E-state index contributed by atoms with van der Waals surface area (Å²) in [5.74, 6) is 2.49. The van der Waals surface area contributed by atoms with Gasteiger partial charge >= 0.3 is 0 Å². The summed E-state index contributed by atoms with van der Waals surface area (Å²) in [6, 6.07) is 32.3. The number of nitrogens with one attached hydrogen (secondary N) is 1. The van der Waals surface area contributed by atoms with Gasteiger partial charge in [-0.3, -0.25) is 10.0 Å². The summed E-state index contributed by atoms with van der Waals surface area (Å²) in [5.41, 5.74) is 4.11. The molecule has 0 atom stereocenters. The highest BCUT2D eigenvalue weighted by Gasteiger charge is 2.21. The zero-order valence-corrected chi connectivity index (χ0v) is 19.7. The minimum atomic E-state index is -3.64. The van der Waals surface area contributed by atoms with Gasteiger partial charge in [0.05, 0.1) is 17.5 Å². The third-order valence-electron chi connectivity index (χ3n) is 5.40. The second kappa shape index (κ2) is 9.97. The topological polar surface area (TPSA) is 84.4 Å². The minimum Gasteiger partial charge on any atom is -0.457 e. The van der Waals surface area contributed by atoms with Crippen molar-refractivity contribution in [3.05, 3.63) is 120 Å². The molecule has 0 bridgehead atoms. The number of sulfonamides is 1. The van der Waals surface area contributed by atoms with E-state index in [0.717, 1.165) is 39.8 Å². The zero-order valence-electron chi connectivity index (χ0n) is 18.8. The van der Waals surface area contributed by atoms with Crippen LogP contribution >= 0.6 is 0 Å². The predicted octanol–water partition coefficient (Wildman–Crippen LogP) is 5.37. The van der Waals surface area contributed by atoms with Gasteiger partial charge in [-0.25, -0.2) is 8.42 Å². The number of nitrogens with zero attached hydrogens (tertiary/aromatic N) is 1. The molecule has 0 amide bonds. The van der Waals surface area contributed by atoms with Gasteiger partial charge in [0, 0.05) is 6.07 Å². The first kappa shape index (κ1) is 22.6. The Kier molecular flexibility index (Phi) is 6.43. The van der Waals surface area contributed by atoms with Crippen LogP contribution in [0, 0.1) is 0 Å². The normalized spacial score (nSPS) is 12.9. The van der Waals surface area contributed by atoms with Crippen LogP contribution in [0.1, 0.15) is 11.1 Å². The maximum atomic E-state index is 12.5. The molecule has 1 aliphatic heterocycles. The van der Waals surface area contributed by atoms with E-state index in [2.05, 4.69) is 4.72 Å². The lowest BCUT2D eigenvalue weighted by molar-refractivity contribution is -0.440. The molecule has 0 fully saturated rings. The number of benzene rings is 4. The van der Waals surface area contributed by atoms with E-state index >= 15 is 0 Å². The first-order valence-electron chi connectivity index (χ1n) is 11.2. The minimum absolute atomic E-state index is 0.474. The molecule has 4 aromatic carbocycles. The largest absolute Gasteiger partial charge is 0.457 e. The second-order valence-corrected chi connectivity index (χ2v) is 9.68. The van der Waals surface area contributed by atoms with E-state index in [1.165, 1.54) is 5.41 Å². The fourth-order valence-electron chi connectivity index (χ4n) is 3.72. The lowest BCUT2D eigenvalue weighted by Crippen LogP contribution is -2.81. The molecule has 7 heteroatoms. The Hall–Kier alpha value is -4.20. The Balaban J connectivity index is 1.23. The van der Waals surface area contributed by atoms with Crippen molar-refractivity contribution in [1.29, 1.82) is 0 Å². The number of fused-ring (bicyclic) bond motifs is 1. The van der Waals surface area contributed by atoms with Gasteiger partial charge in [0.1, 0.15) is 17.2 Å². The quantitative estimate of drug-likeness (QED) is 0.331. The van der Waals surface area contributed by atoms with Crippen molar-refractivity contribution in [2.24, 2.45) is 4.99 Å². The standard InChI is InChI=1S/C28H23N3O3S/c32-35(33,18-17-21-7-3-1-4-8-21)31-23-13-16-26-27(20-23)30-28(29-26)19-22-11-14-25(15-12-22)34-24-9-5-2-6-10-24/h1-18,20,31H,19H2,(H,29,30)/p+1/b18-17+. The zero-order chi connectivity index (χ0) is 24.1. The highest BCUT2D eigenvalue weighted by Crippen LogP contribution is 2.29. The molecule has 4 aromatic rings. The summed E-state index contributed by atoms with van der Waals surface area (Å²) in [6.45, 7) is 0.